The second-order valence-corrected chi connectivity index (χ2v) is 6.05. The molecule has 1 aromatic carbocycles. The van der Waals surface area contributed by atoms with Gasteiger partial charge in [-0.3, -0.25) is 0 Å². The number of benzene rings is 1. The summed E-state index contributed by atoms with van der Waals surface area (Å²) >= 11 is 5.89. The first-order valence-corrected chi connectivity index (χ1v) is 6.71. The van der Waals surface area contributed by atoms with Crippen molar-refractivity contribution in [3.8, 4) is 0 Å². The minimum Gasteiger partial charge on any atom is -0.390 e. The average molecular weight is 251 g/mol. The molecule has 2 bridgehead atoms. The molecule has 2 aliphatic carbocycles. The molecule has 1 aromatic rings. The Hall–Kier alpha value is -0.570. The van der Waals surface area contributed by atoms with Crippen LogP contribution in [0.5, 0.6) is 0 Å². The lowest BCUT2D eigenvalue weighted by atomic mass is 9.82. The molecule has 3 heteroatoms. The van der Waals surface area contributed by atoms with Crippen molar-refractivity contribution < 1.29 is 9.84 Å². The van der Waals surface area contributed by atoms with Crippen LogP contribution in [0.4, 0.5) is 0 Å². The third-order valence-electron chi connectivity index (χ3n) is 4.87. The van der Waals surface area contributed by atoms with Gasteiger partial charge in [0, 0.05) is 5.02 Å². The summed E-state index contributed by atoms with van der Waals surface area (Å²) in [4.78, 5) is 0. The normalized spacial score (nSPS) is 46.7. The highest BCUT2D eigenvalue weighted by Crippen LogP contribution is 2.67. The number of hydrogen-bond acceptors (Lipinski definition) is 2. The van der Waals surface area contributed by atoms with E-state index in [1.54, 1.807) is 0 Å². The highest BCUT2D eigenvalue weighted by Gasteiger charge is 2.72. The van der Waals surface area contributed by atoms with Gasteiger partial charge < -0.3 is 9.84 Å². The molecule has 4 rings (SSSR count). The van der Waals surface area contributed by atoms with Crippen LogP contribution in [0.2, 0.25) is 5.02 Å². The molecular formula is C14H15ClO2. The fourth-order valence-corrected chi connectivity index (χ4v) is 4.12. The van der Waals surface area contributed by atoms with Gasteiger partial charge in [0.1, 0.15) is 11.7 Å². The minimum atomic E-state index is -0.262. The van der Waals surface area contributed by atoms with E-state index >= 15 is 0 Å². The summed E-state index contributed by atoms with van der Waals surface area (Å²) in [6, 6.07) is 7.82. The van der Waals surface area contributed by atoms with Crippen LogP contribution in [-0.4, -0.2) is 16.8 Å². The Morgan fingerprint density at radius 1 is 1.24 bits per heavy atom. The lowest BCUT2D eigenvalue weighted by Crippen LogP contribution is -2.36. The van der Waals surface area contributed by atoms with Gasteiger partial charge in [-0.15, -0.1) is 0 Å². The fourth-order valence-electron chi connectivity index (χ4n) is 3.99. The van der Waals surface area contributed by atoms with Crippen LogP contribution in [0, 0.1) is 11.8 Å². The van der Waals surface area contributed by atoms with E-state index in [-0.39, 0.29) is 17.8 Å². The lowest BCUT2D eigenvalue weighted by Gasteiger charge is -2.24. The Morgan fingerprint density at radius 3 is 2.65 bits per heavy atom. The molecule has 1 heterocycles. The van der Waals surface area contributed by atoms with Gasteiger partial charge in [-0.2, -0.15) is 0 Å². The van der Waals surface area contributed by atoms with Crippen molar-refractivity contribution in [2.75, 3.05) is 0 Å². The summed E-state index contributed by atoms with van der Waals surface area (Å²) < 4.78 is 5.94. The molecule has 0 unspecified atom stereocenters. The molecule has 3 aliphatic rings. The predicted molar refractivity (Wildman–Crippen MR) is 64.8 cm³/mol. The van der Waals surface area contributed by atoms with E-state index in [4.69, 9.17) is 16.3 Å². The Morgan fingerprint density at radius 2 is 2.00 bits per heavy atom. The summed E-state index contributed by atoms with van der Waals surface area (Å²) in [5.41, 5.74) is 0.900. The van der Waals surface area contributed by atoms with E-state index in [0.29, 0.717) is 11.8 Å². The smallest absolute Gasteiger partial charge is 0.128 e. The van der Waals surface area contributed by atoms with Gasteiger partial charge in [-0.05, 0) is 48.8 Å². The second kappa shape index (κ2) is 3.25. The molecule has 1 spiro atoms. The molecule has 5 atom stereocenters. The van der Waals surface area contributed by atoms with E-state index in [0.717, 1.165) is 17.0 Å². The van der Waals surface area contributed by atoms with Crippen molar-refractivity contribution in [3.63, 3.8) is 0 Å². The summed E-state index contributed by atoms with van der Waals surface area (Å²) in [5, 5.41) is 11.1. The van der Waals surface area contributed by atoms with Crippen molar-refractivity contribution in [1.29, 1.82) is 0 Å². The summed E-state index contributed by atoms with van der Waals surface area (Å²) in [6.45, 7) is 0. The molecule has 17 heavy (non-hydrogen) atoms. The number of hydrogen-bond donors (Lipinski definition) is 1. The maximum absolute atomic E-state index is 10.3. The molecule has 0 aromatic heterocycles. The molecule has 2 nitrogen and oxygen atoms in total. The number of aliphatic hydroxyl groups excluding tert-OH is 1. The average Bonchev–Trinajstić information content (AvgIpc) is 2.77. The monoisotopic (exact) mass is 250 g/mol. The van der Waals surface area contributed by atoms with Crippen LogP contribution in [0.15, 0.2) is 24.3 Å². The molecule has 90 valence electrons. The van der Waals surface area contributed by atoms with Gasteiger partial charge in [-0.25, -0.2) is 0 Å². The number of aliphatic hydroxyl groups is 1. The summed E-state index contributed by atoms with van der Waals surface area (Å²) in [5.74, 6) is 1.03. The SMILES string of the molecule is O[C@H]1[C@H]2CC[C@H](C2)[C@]12O[C@H]2c1ccc(Cl)cc1. The van der Waals surface area contributed by atoms with Crippen LogP contribution < -0.4 is 0 Å². The number of epoxide rings is 1. The van der Waals surface area contributed by atoms with E-state index in [2.05, 4.69) is 0 Å². The Balaban J connectivity index is 1.65. The van der Waals surface area contributed by atoms with E-state index < -0.39 is 0 Å². The van der Waals surface area contributed by atoms with E-state index in [1.165, 1.54) is 12.8 Å². The Bertz CT molecular complexity index is 454. The molecular weight excluding hydrogens is 236 g/mol. The van der Waals surface area contributed by atoms with Gasteiger partial charge in [0.2, 0.25) is 0 Å². The van der Waals surface area contributed by atoms with Crippen molar-refractivity contribution >= 4 is 11.6 Å². The fraction of sp³-hybridized carbons (Fsp3) is 0.571. The maximum Gasteiger partial charge on any atom is 0.128 e. The van der Waals surface area contributed by atoms with Gasteiger partial charge in [0.05, 0.1) is 6.10 Å². The summed E-state index contributed by atoms with van der Waals surface area (Å²) in [6.07, 6.45) is 3.36. The zero-order chi connectivity index (χ0) is 11.6. The van der Waals surface area contributed by atoms with Crippen LogP contribution >= 0.6 is 11.6 Å². The standard InChI is InChI=1S/C14H15ClO2/c15-11-5-2-8(3-6-11)13-14(17-13)10-4-1-9(7-10)12(14)16/h2-3,5-6,9-10,12-13,16H,1,4,7H2/t9-,10+,12-,13-,14-/m0/s1. The van der Waals surface area contributed by atoms with E-state index in [9.17, 15) is 5.11 Å². The third kappa shape index (κ3) is 1.24. The van der Waals surface area contributed by atoms with Crippen LogP contribution in [0.1, 0.15) is 30.9 Å². The van der Waals surface area contributed by atoms with Crippen LogP contribution in [-0.2, 0) is 4.74 Å². The predicted octanol–water partition coefficient (Wildman–Crippen LogP) is 2.94. The van der Waals surface area contributed by atoms with Crippen molar-refractivity contribution in [2.45, 2.75) is 37.1 Å². The zero-order valence-corrected chi connectivity index (χ0v) is 10.2. The number of ether oxygens (including phenoxy) is 1. The maximum atomic E-state index is 10.3. The quantitative estimate of drug-likeness (QED) is 0.778. The number of halogens is 1. The first-order chi connectivity index (χ1) is 8.22. The van der Waals surface area contributed by atoms with Gasteiger partial charge in [-0.1, -0.05) is 23.7 Å². The second-order valence-electron chi connectivity index (χ2n) is 5.62. The topological polar surface area (TPSA) is 32.8 Å². The molecule has 1 saturated heterocycles. The first kappa shape index (κ1) is 10.4. The van der Waals surface area contributed by atoms with Crippen LogP contribution in [0.3, 0.4) is 0 Å². The lowest BCUT2D eigenvalue weighted by molar-refractivity contribution is 0.0319. The van der Waals surface area contributed by atoms with Gasteiger partial charge >= 0.3 is 0 Å². The molecule has 1 aliphatic heterocycles. The van der Waals surface area contributed by atoms with E-state index in [1.807, 2.05) is 24.3 Å². The minimum absolute atomic E-state index is 0.0880. The summed E-state index contributed by atoms with van der Waals surface area (Å²) in [7, 11) is 0. The largest absolute Gasteiger partial charge is 0.390 e. The van der Waals surface area contributed by atoms with Crippen molar-refractivity contribution in [2.24, 2.45) is 11.8 Å². The Kier molecular flexibility index (Phi) is 1.98. The number of fused-ring (bicyclic) bond motifs is 3. The zero-order valence-electron chi connectivity index (χ0n) is 9.47. The van der Waals surface area contributed by atoms with Crippen molar-refractivity contribution in [3.05, 3.63) is 34.9 Å². The first-order valence-electron chi connectivity index (χ1n) is 6.33. The number of rotatable bonds is 1. The highest BCUT2D eigenvalue weighted by atomic mass is 35.5. The van der Waals surface area contributed by atoms with Gasteiger partial charge in [0.15, 0.2) is 0 Å². The molecule has 3 fully saturated rings. The van der Waals surface area contributed by atoms with Crippen LogP contribution in [0.25, 0.3) is 0 Å². The Labute approximate surface area is 106 Å². The van der Waals surface area contributed by atoms with Gasteiger partial charge in [0.25, 0.3) is 0 Å². The molecule has 2 saturated carbocycles. The highest BCUT2D eigenvalue weighted by molar-refractivity contribution is 6.30. The van der Waals surface area contributed by atoms with Crippen molar-refractivity contribution in [1.82, 2.24) is 0 Å². The molecule has 1 N–H and O–H groups in total. The third-order valence-corrected chi connectivity index (χ3v) is 5.12. The molecule has 0 radical (unpaired) electrons. The molecule has 0 amide bonds.